The highest BCUT2D eigenvalue weighted by Gasteiger charge is 2.32. The third-order valence-corrected chi connectivity index (χ3v) is 4.11. The number of carbonyl (C=O) groups excluding carboxylic acids is 2. The Bertz CT molecular complexity index is 818. The summed E-state index contributed by atoms with van der Waals surface area (Å²) in [5, 5.41) is 8.74. The SMILES string of the molecule is CC1=C(C(=O)Nc2ccccc2)C(c2ccccc2Cl)NC(=O)N1. The molecule has 3 rings (SSSR count). The summed E-state index contributed by atoms with van der Waals surface area (Å²) < 4.78 is 0. The molecule has 1 heterocycles. The number of hydrogen-bond donors (Lipinski definition) is 3. The van der Waals surface area contributed by atoms with Crippen molar-refractivity contribution in [2.75, 3.05) is 5.32 Å². The van der Waals surface area contributed by atoms with E-state index in [1.165, 1.54) is 0 Å². The van der Waals surface area contributed by atoms with E-state index >= 15 is 0 Å². The predicted molar refractivity (Wildman–Crippen MR) is 93.6 cm³/mol. The molecule has 0 bridgehead atoms. The van der Waals surface area contributed by atoms with Gasteiger partial charge in [-0.05, 0) is 30.7 Å². The molecule has 0 fully saturated rings. The number of anilines is 1. The van der Waals surface area contributed by atoms with Crippen LogP contribution in [0.1, 0.15) is 18.5 Å². The van der Waals surface area contributed by atoms with Crippen LogP contribution in [0.3, 0.4) is 0 Å². The Kier molecular flexibility index (Phi) is 4.53. The standard InChI is InChI=1S/C18H16ClN3O2/c1-11-15(17(23)21-12-7-3-2-4-8-12)16(22-18(24)20-11)13-9-5-6-10-14(13)19/h2-10,16H,1H3,(H,21,23)(H2,20,22,24). The minimum Gasteiger partial charge on any atom is -0.327 e. The lowest BCUT2D eigenvalue weighted by Gasteiger charge is -2.29. The Labute approximate surface area is 144 Å². The number of nitrogens with one attached hydrogen (secondary N) is 3. The average Bonchev–Trinajstić information content (AvgIpc) is 2.55. The Balaban J connectivity index is 1.98. The van der Waals surface area contributed by atoms with E-state index in [0.717, 1.165) is 0 Å². The smallest absolute Gasteiger partial charge is 0.319 e. The fourth-order valence-electron chi connectivity index (χ4n) is 2.66. The first kappa shape index (κ1) is 16.1. The molecule has 0 saturated carbocycles. The molecule has 1 atom stereocenters. The molecule has 5 nitrogen and oxygen atoms in total. The molecule has 0 spiro atoms. The number of benzene rings is 2. The summed E-state index contributed by atoms with van der Waals surface area (Å²) in [4.78, 5) is 24.6. The second-order valence-corrected chi connectivity index (χ2v) is 5.82. The number of halogens is 1. The van der Waals surface area contributed by atoms with Crippen molar-refractivity contribution in [2.24, 2.45) is 0 Å². The molecule has 2 aromatic carbocycles. The summed E-state index contributed by atoms with van der Waals surface area (Å²) in [5.74, 6) is -0.295. The Morgan fingerprint density at radius 2 is 1.75 bits per heavy atom. The van der Waals surface area contributed by atoms with E-state index in [0.29, 0.717) is 27.5 Å². The molecule has 1 unspecified atom stereocenters. The quantitative estimate of drug-likeness (QED) is 0.798. The van der Waals surface area contributed by atoms with Gasteiger partial charge in [0.05, 0.1) is 11.6 Å². The highest BCUT2D eigenvalue weighted by molar-refractivity contribution is 6.31. The second kappa shape index (κ2) is 6.76. The first-order valence-corrected chi connectivity index (χ1v) is 7.83. The molecule has 1 aliphatic rings. The van der Waals surface area contributed by atoms with Gasteiger partial charge in [-0.15, -0.1) is 0 Å². The summed E-state index contributed by atoms with van der Waals surface area (Å²) in [6, 6.07) is 15.3. The first-order valence-electron chi connectivity index (χ1n) is 7.45. The molecule has 3 amide bonds. The molecule has 0 radical (unpaired) electrons. The van der Waals surface area contributed by atoms with E-state index in [9.17, 15) is 9.59 Å². The number of hydrogen-bond acceptors (Lipinski definition) is 2. The van der Waals surface area contributed by atoms with Crippen molar-refractivity contribution in [3.05, 3.63) is 76.5 Å². The van der Waals surface area contributed by atoms with E-state index in [1.807, 2.05) is 24.3 Å². The van der Waals surface area contributed by atoms with Gasteiger partial charge in [0.25, 0.3) is 5.91 Å². The molecule has 0 aliphatic carbocycles. The lowest BCUT2D eigenvalue weighted by Crippen LogP contribution is -2.46. The zero-order valence-corrected chi connectivity index (χ0v) is 13.7. The van der Waals surface area contributed by atoms with Crippen molar-refractivity contribution in [2.45, 2.75) is 13.0 Å². The molecule has 1 aliphatic heterocycles. The number of para-hydroxylation sites is 1. The van der Waals surface area contributed by atoms with Crippen LogP contribution in [-0.4, -0.2) is 11.9 Å². The second-order valence-electron chi connectivity index (χ2n) is 5.41. The maximum atomic E-state index is 12.8. The molecular formula is C18H16ClN3O2. The summed E-state index contributed by atoms with van der Waals surface area (Å²) >= 11 is 6.26. The van der Waals surface area contributed by atoms with E-state index in [-0.39, 0.29) is 11.9 Å². The maximum absolute atomic E-state index is 12.8. The minimum absolute atomic E-state index is 0.295. The van der Waals surface area contributed by atoms with Crippen molar-refractivity contribution in [1.82, 2.24) is 10.6 Å². The van der Waals surface area contributed by atoms with Gasteiger partial charge in [-0.2, -0.15) is 0 Å². The van der Waals surface area contributed by atoms with E-state index in [4.69, 9.17) is 11.6 Å². The number of rotatable bonds is 3. The summed E-state index contributed by atoms with van der Waals surface area (Å²) in [7, 11) is 0. The van der Waals surface area contributed by atoms with Crippen LogP contribution in [-0.2, 0) is 4.79 Å². The first-order chi connectivity index (χ1) is 11.6. The van der Waals surface area contributed by atoms with Gasteiger partial charge < -0.3 is 16.0 Å². The Morgan fingerprint density at radius 3 is 2.46 bits per heavy atom. The summed E-state index contributed by atoms with van der Waals surface area (Å²) in [6.07, 6.45) is 0. The van der Waals surface area contributed by atoms with Gasteiger partial charge in [-0.25, -0.2) is 4.79 Å². The fourth-order valence-corrected chi connectivity index (χ4v) is 2.90. The van der Waals surface area contributed by atoms with Gasteiger partial charge in [-0.1, -0.05) is 48.0 Å². The molecule has 6 heteroatoms. The number of amides is 3. The predicted octanol–water partition coefficient (Wildman–Crippen LogP) is 3.61. The van der Waals surface area contributed by atoms with Gasteiger partial charge in [-0.3, -0.25) is 4.79 Å². The van der Waals surface area contributed by atoms with Gasteiger partial charge in [0.2, 0.25) is 0 Å². The van der Waals surface area contributed by atoms with Crippen LogP contribution in [0.2, 0.25) is 5.02 Å². The Hall–Kier alpha value is -2.79. The number of allylic oxidation sites excluding steroid dienone is 1. The number of urea groups is 1. The molecule has 0 saturated heterocycles. The third kappa shape index (κ3) is 3.26. The van der Waals surface area contributed by atoms with Crippen LogP contribution < -0.4 is 16.0 Å². The van der Waals surface area contributed by atoms with Crippen molar-refractivity contribution in [1.29, 1.82) is 0 Å². The third-order valence-electron chi connectivity index (χ3n) is 3.76. The lowest BCUT2D eigenvalue weighted by molar-refractivity contribution is -0.113. The van der Waals surface area contributed by atoms with Crippen LogP contribution in [0, 0.1) is 0 Å². The topological polar surface area (TPSA) is 70.2 Å². The van der Waals surface area contributed by atoms with Gasteiger partial charge in [0.15, 0.2) is 0 Å². The zero-order chi connectivity index (χ0) is 17.1. The molecule has 122 valence electrons. The zero-order valence-electron chi connectivity index (χ0n) is 13.0. The van der Waals surface area contributed by atoms with Crippen LogP contribution in [0.15, 0.2) is 65.9 Å². The van der Waals surface area contributed by atoms with Crippen molar-refractivity contribution < 1.29 is 9.59 Å². The fraction of sp³-hybridized carbons (Fsp3) is 0.111. The monoisotopic (exact) mass is 341 g/mol. The van der Waals surface area contributed by atoms with Crippen molar-refractivity contribution in [3.8, 4) is 0 Å². The highest BCUT2D eigenvalue weighted by Crippen LogP contribution is 2.31. The average molecular weight is 342 g/mol. The number of carbonyl (C=O) groups is 2. The molecule has 2 aromatic rings. The molecular weight excluding hydrogens is 326 g/mol. The van der Waals surface area contributed by atoms with E-state index in [1.54, 1.807) is 37.3 Å². The van der Waals surface area contributed by atoms with Crippen LogP contribution in [0.5, 0.6) is 0 Å². The minimum atomic E-state index is -0.615. The van der Waals surface area contributed by atoms with E-state index < -0.39 is 6.04 Å². The van der Waals surface area contributed by atoms with E-state index in [2.05, 4.69) is 16.0 Å². The molecule has 24 heavy (non-hydrogen) atoms. The van der Waals surface area contributed by atoms with Crippen molar-refractivity contribution >= 4 is 29.2 Å². The largest absolute Gasteiger partial charge is 0.327 e. The van der Waals surface area contributed by atoms with Gasteiger partial charge in [0.1, 0.15) is 0 Å². The lowest BCUT2D eigenvalue weighted by atomic mass is 9.94. The highest BCUT2D eigenvalue weighted by atomic mass is 35.5. The van der Waals surface area contributed by atoms with Crippen LogP contribution in [0.25, 0.3) is 0 Å². The van der Waals surface area contributed by atoms with Crippen LogP contribution >= 0.6 is 11.6 Å². The maximum Gasteiger partial charge on any atom is 0.319 e. The van der Waals surface area contributed by atoms with Crippen molar-refractivity contribution in [3.63, 3.8) is 0 Å². The van der Waals surface area contributed by atoms with Crippen LogP contribution in [0.4, 0.5) is 10.5 Å². The normalized spacial score (nSPS) is 17.1. The summed E-state index contributed by atoms with van der Waals surface area (Å²) in [5.41, 5.74) is 2.27. The van der Waals surface area contributed by atoms with Gasteiger partial charge in [0, 0.05) is 16.4 Å². The molecule has 3 N–H and O–H groups in total. The van der Waals surface area contributed by atoms with Gasteiger partial charge >= 0.3 is 6.03 Å². The summed E-state index contributed by atoms with van der Waals surface area (Å²) in [6.45, 7) is 1.70. The Morgan fingerprint density at radius 1 is 1.08 bits per heavy atom. The molecule has 0 aromatic heterocycles.